The van der Waals surface area contributed by atoms with Crippen molar-refractivity contribution in [1.82, 2.24) is 9.88 Å². The van der Waals surface area contributed by atoms with Crippen molar-refractivity contribution in [3.8, 4) is 0 Å². The van der Waals surface area contributed by atoms with Crippen LogP contribution in [0, 0.1) is 0 Å². The Kier molecular flexibility index (Phi) is 1.80. The fourth-order valence-electron chi connectivity index (χ4n) is 2.04. The Morgan fingerprint density at radius 3 is 3.13 bits per heavy atom. The van der Waals surface area contributed by atoms with Crippen LogP contribution in [-0.4, -0.2) is 23.5 Å². The van der Waals surface area contributed by atoms with E-state index in [1.54, 1.807) is 0 Å². The first-order chi connectivity index (χ1) is 7.24. The maximum Gasteiger partial charge on any atom is 0.0623 e. The van der Waals surface area contributed by atoms with E-state index in [0.29, 0.717) is 0 Å². The standard InChI is InChI=1S/C12H11ClN2/c1-15-5-4-9-10-6-8(13)2-3-11(10)14-12(9)7-15/h2-4,6-7,14H,5H2,1H3. The zero-order chi connectivity index (χ0) is 10.4. The van der Waals surface area contributed by atoms with E-state index < -0.39 is 0 Å². The lowest BCUT2D eigenvalue weighted by atomic mass is 10.2. The van der Waals surface area contributed by atoms with Gasteiger partial charge in [0, 0.05) is 40.9 Å². The number of benzene rings is 1. The predicted molar refractivity (Wildman–Crippen MR) is 64.1 cm³/mol. The zero-order valence-electron chi connectivity index (χ0n) is 8.42. The number of halogens is 1. The minimum absolute atomic E-state index is 0.789. The Labute approximate surface area is 92.5 Å². The number of aromatic amines is 1. The van der Waals surface area contributed by atoms with Gasteiger partial charge in [0.15, 0.2) is 0 Å². The highest BCUT2D eigenvalue weighted by atomic mass is 35.5. The molecule has 0 unspecified atom stereocenters. The lowest BCUT2D eigenvalue weighted by Crippen LogP contribution is -2.32. The molecule has 76 valence electrons. The second-order valence-corrected chi connectivity index (χ2v) is 4.35. The van der Waals surface area contributed by atoms with Gasteiger partial charge in [-0.25, -0.2) is 0 Å². The molecule has 1 aliphatic heterocycles. The highest BCUT2D eigenvalue weighted by Crippen LogP contribution is 2.14. The van der Waals surface area contributed by atoms with Crippen LogP contribution < -0.4 is 10.6 Å². The van der Waals surface area contributed by atoms with E-state index in [2.05, 4.69) is 29.2 Å². The van der Waals surface area contributed by atoms with Crippen LogP contribution >= 0.6 is 11.6 Å². The van der Waals surface area contributed by atoms with Crippen LogP contribution in [0.5, 0.6) is 0 Å². The van der Waals surface area contributed by atoms with Crippen molar-refractivity contribution in [3.05, 3.63) is 33.8 Å². The molecule has 1 aromatic carbocycles. The average Bonchev–Trinajstić information content (AvgIpc) is 2.54. The zero-order valence-corrected chi connectivity index (χ0v) is 9.17. The Bertz CT molecular complexity index is 639. The first-order valence-corrected chi connectivity index (χ1v) is 5.31. The summed E-state index contributed by atoms with van der Waals surface area (Å²) >= 11 is 6.00. The fourth-order valence-corrected chi connectivity index (χ4v) is 2.21. The molecule has 0 aliphatic carbocycles. The first kappa shape index (κ1) is 8.86. The number of rotatable bonds is 0. The van der Waals surface area contributed by atoms with Crippen molar-refractivity contribution in [1.29, 1.82) is 0 Å². The number of nitrogens with zero attached hydrogens (tertiary/aromatic N) is 1. The van der Waals surface area contributed by atoms with Gasteiger partial charge in [0.1, 0.15) is 0 Å². The van der Waals surface area contributed by atoms with Crippen molar-refractivity contribution in [2.45, 2.75) is 0 Å². The molecule has 2 nitrogen and oxygen atoms in total. The topological polar surface area (TPSA) is 19.0 Å². The molecule has 15 heavy (non-hydrogen) atoms. The number of fused-ring (bicyclic) bond motifs is 3. The van der Waals surface area contributed by atoms with Gasteiger partial charge in [-0.1, -0.05) is 17.7 Å². The molecule has 1 N–H and O–H groups in total. The third kappa shape index (κ3) is 1.33. The largest absolute Gasteiger partial charge is 0.375 e. The van der Waals surface area contributed by atoms with Gasteiger partial charge in [0.2, 0.25) is 0 Å². The summed E-state index contributed by atoms with van der Waals surface area (Å²) in [4.78, 5) is 5.54. The lowest BCUT2D eigenvalue weighted by molar-refractivity contribution is 0.563. The molecule has 1 aliphatic rings. The van der Waals surface area contributed by atoms with E-state index in [1.807, 2.05) is 18.2 Å². The van der Waals surface area contributed by atoms with Gasteiger partial charge in [-0.2, -0.15) is 0 Å². The molecule has 3 rings (SSSR count). The van der Waals surface area contributed by atoms with Gasteiger partial charge in [0.05, 0.1) is 5.35 Å². The highest BCUT2D eigenvalue weighted by Gasteiger charge is 2.04. The van der Waals surface area contributed by atoms with E-state index in [0.717, 1.165) is 17.1 Å². The molecular formula is C12H11ClN2. The molecule has 1 aromatic heterocycles. The quantitative estimate of drug-likeness (QED) is 0.706. The first-order valence-electron chi connectivity index (χ1n) is 4.93. The van der Waals surface area contributed by atoms with Gasteiger partial charge >= 0.3 is 0 Å². The maximum atomic E-state index is 6.00. The molecule has 0 radical (unpaired) electrons. The second kappa shape index (κ2) is 3.04. The van der Waals surface area contributed by atoms with Crippen molar-refractivity contribution < 1.29 is 0 Å². The van der Waals surface area contributed by atoms with Gasteiger partial charge in [-0.15, -0.1) is 0 Å². The summed E-state index contributed by atoms with van der Waals surface area (Å²) in [6, 6.07) is 5.95. The van der Waals surface area contributed by atoms with Crippen molar-refractivity contribution in [2.75, 3.05) is 13.6 Å². The van der Waals surface area contributed by atoms with Gasteiger partial charge < -0.3 is 9.88 Å². The summed E-state index contributed by atoms with van der Waals surface area (Å²) in [5.41, 5.74) is 1.15. The Balaban J connectivity index is 2.49. The molecule has 2 aromatic rings. The van der Waals surface area contributed by atoms with E-state index in [1.165, 1.54) is 16.0 Å². The van der Waals surface area contributed by atoms with Crippen LogP contribution in [0.15, 0.2) is 18.2 Å². The lowest BCUT2D eigenvalue weighted by Gasteiger charge is -2.12. The third-order valence-electron chi connectivity index (χ3n) is 2.76. The Morgan fingerprint density at radius 2 is 2.27 bits per heavy atom. The molecule has 0 saturated heterocycles. The van der Waals surface area contributed by atoms with Crippen LogP contribution in [-0.2, 0) is 0 Å². The van der Waals surface area contributed by atoms with Crippen molar-refractivity contribution in [2.24, 2.45) is 0 Å². The van der Waals surface area contributed by atoms with Crippen LogP contribution in [0.25, 0.3) is 23.2 Å². The molecule has 3 heteroatoms. The number of nitrogens with one attached hydrogen (secondary N) is 1. The molecule has 0 fully saturated rings. The predicted octanol–water partition coefficient (Wildman–Crippen LogP) is 1.29. The molecule has 0 saturated carbocycles. The van der Waals surface area contributed by atoms with E-state index >= 15 is 0 Å². The smallest absolute Gasteiger partial charge is 0.0623 e. The number of hydrogen-bond donors (Lipinski definition) is 1. The Morgan fingerprint density at radius 1 is 1.40 bits per heavy atom. The third-order valence-corrected chi connectivity index (χ3v) is 3.00. The second-order valence-electron chi connectivity index (χ2n) is 3.92. The van der Waals surface area contributed by atoms with Crippen molar-refractivity contribution >= 4 is 34.8 Å². The molecule has 0 amide bonds. The fraction of sp³-hybridized carbons (Fsp3) is 0.167. The summed E-state index contributed by atoms with van der Waals surface area (Å²) in [5.74, 6) is 0. The van der Waals surface area contributed by atoms with Crippen LogP contribution in [0.3, 0.4) is 0 Å². The summed E-state index contributed by atoms with van der Waals surface area (Å²) in [7, 11) is 2.07. The monoisotopic (exact) mass is 218 g/mol. The van der Waals surface area contributed by atoms with Crippen molar-refractivity contribution in [3.63, 3.8) is 0 Å². The van der Waals surface area contributed by atoms with E-state index in [-0.39, 0.29) is 0 Å². The average molecular weight is 219 g/mol. The maximum absolute atomic E-state index is 6.00. The molecule has 0 atom stereocenters. The Hall–Kier alpha value is -1.41. The van der Waals surface area contributed by atoms with E-state index in [9.17, 15) is 0 Å². The van der Waals surface area contributed by atoms with Gasteiger partial charge in [-0.3, -0.25) is 0 Å². The summed E-state index contributed by atoms with van der Waals surface area (Å²) in [6.07, 6.45) is 4.35. The molecule has 0 bridgehead atoms. The SMILES string of the molecule is CN1C=c2[nH]c3ccc(Cl)cc3c2=CC1. The summed E-state index contributed by atoms with van der Waals surface area (Å²) < 4.78 is 0. The summed E-state index contributed by atoms with van der Waals surface area (Å²) in [6.45, 7) is 0.951. The normalized spacial score (nSPS) is 14.7. The minimum atomic E-state index is 0.789. The number of H-pyrrole nitrogens is 1. The van der Waals surface area contributed by atoms with Crippen LogP contribution in [0.1, 0.15) is 0 Å². The van der Waals surface area contributed by atoms with Crippen LogP contribution in [0.4, 0.5) is 0 Å². The number of aromatic nitrogens is 1. The number of hydrogen-bond acceptors (Lipinski definition) is 1. The van der Waals surface area contributed by atoms with E-state index in [4.69, 9.17) is 11.6 Å². The molecule has 2 heterocycles. The summed E-state index contributed by atoms with van der Waals surface area (Å²) in [5, 5.41) is 4.44. The van der Waals surface area contributed by atoms with Gasteiger partial charge in [-0.05, 0) is 18.2 Å². The highest BCUT2D eigenvalue weighted by molar-refractivity contribution is 6.31. The minimum Gasteiger partial charge on any atom is -0.375 e. The van der Waals surface area contributed by atoms with Crippen LogP contribution in [0.2, 0.25) is 5.02 Å². The molecular weight excluding hydrogens is 208 g/mol. The molecule has 0 spiro atoms. The van der Waals surface area contributed by atoms with Gasteiger partial charge in [0.25, 0.3) is 0 Å².